The first-order valence-corrected chi connectivity index (χ1v) is 10.8. The maximum Gasteiger partial charge on any atom is 0.338 e. The Hall–Kier alpha value is -2.50. The molecule has 29 heavy (non-hydrogen) atoms. The minimum absolute atomic E-state index is 0.0395. The molecule has 1 aromatic rings. The average molecular weight is 400 g/mol. The van der Waals surface area contributed by atoms with E-state index >= 15 is 0 Å². The number of carbonyl (C=O) groups is 2. The van der Waals surface area contributed by atoms with E-state index in [1.807, 2.05) is 24.3 Å². The molecule has 0 spiro atoms. The molecule has 0 unspecified atom stereocenters. The van der Waals surface area contributed by atoms with Crippen molar-refractivity contribution in [2.45, 2.75) is 65.5 Å². The van der Waals surface area contributed by atoms with Crippen LogP contribution in [0.4, 0.5) is 10.5 Å². The van der Waals surface area contributed by atoms with Gasteiger partial charge in [0.1, 0.15) is 6.10 Å². The highest BCUT2D eigenvalue weighted by Crippen LogP contribution is 2.31. The molecule has 1 fully saturated rings. The van der Waals surface area contributed by atoms with Crippen LogP contribution in [0.5, 0.6) is 0 Å². The fourth-order valence-electron chi connectivity index (χ4n) is 4.24. The highest BCUT2D eigenvalue weighted by Gasteiger charge is 2.34. The van der Waals surface area contributed by atoms with Gasteiger partial charge in [-0.3, -0.25) is 0 Å². The maximum absolute atomic E-state index is 13.0. The van der Waals surface area contributed by atoms with Crippen molar-refractivity contribution in [2.24, 2.45) is 5.92 Å². The number of hydrogen-bond donors (Lipinski definition) is 2. The zero-order chi connectivity index (χ0) is 21.0. The topological polar surface area (TPSA) is 70.7 Å². The number of ether oxygens (including phenoxy) is 1. The first kappa shape index (κ1) is 21.2. The standard InChI is InChI=1S/C23H33N3O3/c1-5-26(6-2)18-11-9-17(10-12-18)21-20(16(4)24-23(28)25-21)22(27)29-19-13-7-15(3)8-14-19/h9-12,15,19,21H,5-8,13-14H2,1-4H3,(H2,24,25,28)/t15?,19?,21-/m0/s1. The number of nitrogens with zero attached hydrogens (tertiary/aromatic N) is 1. The molecule has 0 aromatic heterocycles. The second-order valence-corrected chi connectivity index (χ2v) is 8.12. The summed E-state index contributed by atoms with van der Waals surface area (Å²) in [6.45, 7) is 10.1. The van der Waals surface area contributed by atoms with E-state index in [-0.39, 0.29) is 18.1 Å². The van der Waals surface area contributed by atoms with Crippen LogP contribution in [0.1, 0.15) is 65.0 Å². The van der Waals surface area contributed by atoms with Gasteiger partial charge in [0.15, 0.2) is 0 Å². The largest absolute Gasteiger partial charge is 0.459 e. The van der Waals surface area contributed by atoms with E-state index < -0.39 is 6.04 Å². The van der Waals surface area contributed by atoms with E-state index in [0.29, 0.717) is 17.2 Å². The van der Waals surface area contributed by atoms with Crippen LogP contribution in [0, 0.1) is 5.92 Å². The zero-order valence-corrected chi connectivity index (χ0v) is 18.0. The number of amides is 2. The monoisotopic (exact) mass is 399 g/mol. The number of esters is 1. The second kappa shape index (κ2) is 9.33. The normalized spacial score (nSPS) is 24.6. The van der Waals surface area contributed by atoms with Crippen molar-refractivity contribution in [3.8, 4) is 0 Å². The predicted molar refractivity (Wildman–Crippen MR) is 115 cm³/mol. The summed E-state index contributed by atoms with van der Waals surface area (Å²) in [6, 6.07) is 7.22. The summed E-state index contributed by atoms with van der Waals surface area (Å²) in [6.07, 6.45) is 3.94. The van der Waals surface area contributed by atoms with Crippen LogP contribution in [0.2, 0.25) is 0 Å². The maximum atomic E-state index is 13.0. The summed E-state index contributed by atoms with van der Waals surface area (Å²) < 4.78 is 5.84. The van der Waals surface area contributed by atoms with E-state index in [0.717, 1.165) is 50.0 Å². The molecule has 6 heteroatoms. The van der Waals surface area contributed by atoms with Gasteiger partial charge in [0.05, 0.1) is 11.6 Å². The fraction of sp³-hybridized carbons (Fsp3) is 0.565. The molecule has 6 nitrogen and oxygen atoms in total. The minimum atomic E-state index is -0.510. The molecule has 2 N–H and O–H groups in total. The Labute approximate surface area is 173 Å². The highest BCUT2D eigenvalue weighted by molar-refractivity contribution is 5.95. The minimum Gasteiger partial charge on any atom is -0.459 e. The summed E-state index contributed by atoms with van der Waals surface area (Å²) in [5.74, 6) is 0.353. The van der Waals surface area contributed by atoms with Gasteiger partial charge >= 0.3 is 12.0 Å². The van der Waals surface area contributed by atoms with Crippen LogP contribution in [0.3, 0.4) is 0 Å². The predicted octanol–water partition coefficient (Wildman–Crippen LogP) is 4.28. The molecule has 0 saturated heterocycles. The van der Waals surface area contributed by atoms with E-state index in [1.54, 1.807) is 6.92 Å². The van der Waals surface area contributed by atoms with Crippen LogP contribution in [0.15, 0.2) is 35.5 Å². The molecular formula is C23H33N3O3. The Balaban J connectivity index is 1.81. The summed E-state index contributed by atoms with van der Waals surface area (Å²) in [7, 11) is 0. The lowest BCUT2D eigenvalue weighted by Gasteiger charge is -2.31. The van der Waals surface area contributed by atoms with Crippen molar-refractivity contribution in [3.63, 3.8) is 0 Å². The molecule has 0 radical (unpaired) electrons. The SMILES string of the molecule is CCN(CC)c1ccc([C@@H]2NC(=O)NC(C)=C2C(=O)OC2CCC(C)CC2)cc1. The summed E-state index contributed by atoms with van der Waals surface area (Å²) >= 11 is 0. The summed E-state index contributed by atoms with van der Waals surface area (Å²) in [4.78, 5) is 27.4. The number of nitrogens with one attached hydrogen (secondary N) is 2. The lowest BCUT2D eigenvalue weighted by molar-refractivity contribution is -0.146. The van der Waals surface area contributed by atoms with Gasteiger partial charge in [0, 0.05) is 24.5 Å². The van der Waals surface area contributed by atoms with Crippen LogP contribution < -0.4 is 15.5 Å². The molecule has 158 valence electrons. The van der Waals surface area contributed by atoms with E-state index in [1.165, 1.54) is 0 Å². The van der Waals surface area contributed by atoms with Gasteiger partial charge in [-0.25, -0.2) is 9.59 Å². The Morgan fingerprint density at radius 2 is 1.72 bits per heavy atom. The molecular weight excluding hydrogens is 366 g/mol. The third-order valence-corrected chi connectivity index (χ3v) is 6.08. The van der Waals surface area contributed by atoms with Crippen molar-refractivity contribution in [1.82, 2.24) is 10.6 Å². The Kier molecular flexibility index (Phi) is 6.83. The van der Waals surface area contributed by atoms with Crippen molar-refractivity contribution < 1.29 is 14.3 Å². The molecule has 1 aliphatic carbocycles. The van der Waals surface area contributed by atoms with Gasteiger partial charge in [-0.15, -0.1) is 0 Å². The smallest absolute Gasteiger partial charge is 0.338 e. The van der Waals surface area contributed by atoms with Gasteiger partial charge in [-0.1, -0.05) is 19.1 Å². The molecule has 1 aliphatic heterocycles. The third-order valence-electron chi connectivity index (χ3n) is 6.08. The molecule has 2 amide bonds. The van der Waals surface area contributed by atoms with E-state index in [4.69, 9.17) is 4.74 Å². The third kappa shape index (κ3) is 4.92. The van der Waals surface area contributed by atoms with Crippen molar-refractivity contribution in [3.05, 3.63) is 41.1 Å². The second-order valence-electron chi connectivity index (χ2n) is 8.12. The number of urea groups is 1. The van der Waals surface area contributed by atoms with Crippen molar-refractivity contribution in [1.29, 1.82) is 0 Å². The number of carbonyl (C=O) groups excluding carboxylic acids is 2. The fourth-order valence-corrected chi connectivity index (χ4v) is 4.24. The highest BCUT2D eigenvalue weighted by atomic mass is 16.5. The Morgan fingerprint density at radius 1 is 1.10 bits per heavy atom. The summed E-state index contributed by atoms with van der Waals surface area (Å²) in [5, 5.41) is 5.62. The molecule has 2 aliphatic rings. The first-order valence-electron chi connectivity index (χ1n) is 10.8. The number of allylic oxidation sites excluding steroid dienone is 1. The molecule has 1 aromatic carbocycles. The lowest BCUT2D eigenvalue weighted by atomic mass is 9.88. The van der Waals surface area contributed by atoms with Crippen LogP contribution in [-0.2, 0) is 9.53 Å². The van der Waals surface area contributed by atoms with E-state index in [2.05, 4.69) is 36.3 Å². The van der Waals surface area contributed by atoms with Crippen molar-refractivity contribution in [2.75, 3.05) is 18.0 Å². The molecule has 1 heterocycles. The van der Waals surface area contributed by atoms with Crippen LogP contribution in [0.25, 0.3) is 0 Å². The van der Waals surface area contributed by atoms with Gasteiger partial charge < -0.3 is 20.3 Å². The van der Waals surface area contributed by atoms with Gasteiger partial charge in [-0.05, 0) is 70.1 Å². The Bertz CT molecular complexity index is 760. The average Bonchev–Trinajstić information content (AvgIpc) is 2.70. The molecule has 1 atom stereocenters. The van der Waals surface area contributed by atoms with E-state index in [9.17, 15) is 9.59 Å². The summed E-state index contributed by atoms with van der Waals surface area (Å²) in [5.41, 5.74) is 3.04. The molecule has 3 rings (SSSR count). The number of hydrogen-bond acceptors (Lipinski definition) is 4. The van der Waals surface area contributed by atoms with Crippen LogP contribution in [-0.4, -0.2) is 31.2 Å². The number of anilines is 1. The Morgan fingerprint density at radius 3 is 2.31 bits per heavy atom. The number of benzene rings is 1. The lowest BCUT2D eigenvalue weighted by Crippen LogP contribution is -2.45. The van der Waals surface area contributed by atoms with Gasteiger partial charge in [0.25, 0.3) is 0 Å². The zero-order valence-electron chi connectivity index (χ0n) is 18.0. The van der Waals surface area contributed by atoms with Gasteiger partial charge in [0.2, 0.25) is 0 Å². The molecule has 1 saturated carbocycles. The quantitative estimate of drug-likeness (QED) is 0.701. The number of rotatable bonds is 6. The molecule has 0 bridgehead atoms. The van der Waals surface area contributed by atoms with Crippen LogP contribution >= 0.6 is 0 Å². The first-order chi connectivity index (χ1) is 13.9. The van der Waals surface area contributed by atoms with Crippen molar-refractivity contribution >= 4 is 17.7 Å². The van der Waals surface area contributed by atoms with Gasteiger partial charge in [-0.2, -0.15) is 0 Å².